The van der Waals surface area contributed by atoms with Crippen LogP contribution in [0.25, 0.3) is 10.9 Å². The smallest absolute Gasteiger partial charge is 0.0952 e. The molecule has 0 unspecified atom stereocenters. The number of piperidine rings is 3. The van der Waals surface area contributed by atoms with Gasteiger partial charge in [0.15, 0.2) is 0 Å². The average Bonchev–Trinajstić information content (AvgIpc) is 2.60. The van der Waals surface area contributed by atoms with Crippen LogP contribution >= 0.6 is 24.0 Å². The molecule has 0 spiro atoms. The highest BCUT2D eigenvalue weighted by molar-refractivity contribution is 14.0. The quantitative estimate of drug-likeness (QED) is 0.604. The van der Waals surface area contributed by atoms with E-state index in [0.717, 1.165) is 36.0 Å². The Morgan fingerprint density at radius 2 is 2.13 bits per heavy atom. The number of hydrogen-bond acceptors (Lipinski definition) is 3. The van der Waals surface area contributed by atoms with Crippen molar-refractivity contribution < 1.29 is 5.11 Å². The van der Waals surface area contributed by atoms with Gasteiger partial charge in [-0.3, -0.25) is 9.88 Å². The highest BCUT2D eigenvalue weighted by Crippen LogP contribution is 2.41. The number of fused-ring (bicyclic) bond motifs is 4. The summed E-state index contributed by atoms with van der Waals surface area (Å²) in [6.07, 6.45) is 5.76. The fourth-order valence-corrected chi connectivity index (χ4v) is 4.29. The van der Waals surface area contributed by atoms with Crippen molar-refractivity contribution in [2.75, 3.05) is 13.1 Å². The Morgan fingerprint density at radius 1 is 1.30 bits per heavy atom. The monoisotopic (exact) mass is 422 g/mol. The van der Waals surface area contributed by atoms with Gasteiger partial charge in [0.25, 0.3) is 0 Å². The van der Waals surface area contributed by atoms with E-state index in [1.807, 2.05) is 30.5 Å². The van der Waals surface area contributed by atoms with Gasteiger partial charge in [-0.1, -0.05) is 24.3 Å². The van der Waals surface area contributed by atoms with E-state index in [0.29, 0.717) is 11.8 Å². The van der Waals surface area contributed by atoms with Gasteiger partial charge in [-0.2, -0.15) is 0 Å². The number of benzene rings is 1. The number of pyridine rings is 1. The predicted molar refractivity (Wildman–Crippen MR) is 104 cm³/mol. The van der Waals surface area contributed by atoms with Gasteiger partial charge in [0.1, 0.15) is 0 Å². The van der Waals surface area contributed by atoms with Crippen LogP contribution in [0, 0.1) is 11.8 Å². The number of rotatable bonds is 3. The van der Waals surface area contributed by atoms with Gasteiger partial charge in [0, 0.05) is 24.2 Å². The second kappa shape index (κ2) is 6.87. The van der Waals surface area contributed by atoms with Crippen molar-refractivity contribution in [3.63, 3.8) is 0 Å². The lowest BCUT2D eigenvalue weighted by molar-refractivity contribution is -0.0444. The van der Waals surface area contributed by atoms with E-state index in [4.69, 9.17) is 0 Å². The van der Waals surface area contributed by atoms with Crippen LogP contribution in [-0.4, -0.2) is 34.1 Å². The van der Waals surface area contributed by atoms with E-state index >= 15 is 0 Å². The van der Waals surface area contributed by atoms with Gasteiger partial charge in [-0.05, 0) is 48.9 Å². The highest BCUT2D eigenvalue weighted by atomic mass is 127. The van der Waals surface area contributed by atoms with Crippen molar-refractivity contribution in [2.45, 2.75) is 25.0 Å². The molecule has 2 aromatic rings. The average molecular weight is 422 g/mol. The minimum Gasteiger partial charge on any atom is -0.387 e. The molecular formula is C19H23IN2O. The topological polar surface area (TPSA) is 36.4 Å². The van der Waals surface area contributed by atoms with Crippen LogP contribution in [0.2, 0.25) is 0 Å². The molecule has 1 N–H and O–H groups in total. The zero-order valence-electron chi connectivity index (χ0n) is 13.1. The molecule has 1 aromatic carbocycles. The third-order valence-corrected chi connectivity index (χ3v) is 5.52. The molecule has 3 fully saturated rings. The van der Waals surface area contributed by atoms with Gasteiger partial charge in [-0.15, -0.1) is 30.6 Å². The minimum atomic E-state index is -0.443. The first-order valence-corrected chi connectivity index (χ1v) is 8.16. The third kappa shape index (κ3) is 2.92. The fourth-order valence-electron chi connectivity index (χ4n) is 4.29. The van der Waals surface area contributed by atoms with Crippen LogP contribution in [0.1, 0.15) is 24.5 Å². The van der Waals surface area contributed by atoms with E-state index in [1.165, 1.54) is 6.42 Å². The molecule has 5 atom stereocenters. The first kappa shape index (κ1) is 16.9. The summed E-state index contributed by atoms with van der Waals surface area (Å²) in [5.41, 5.74) is 1.97. The maximum atomic E-state index is 11.0. The molecule has 122 valence electrons. The molecule has 23 heavy (non-hydrogen) atoms. The summed E-state index contributed by atoms with van der Waals surface area (Å²) in [7, 11) is 0. The number of aliphatic hydroxyl groups is 1. The molecule has 4 heterocycles. The third-order valence-electron chi connectivity index (χ3n) is 5.52. The van der Waals surface area contributed by atoms with E-state index in [9.17, 15) is 5.11 Å². The SMILES string of the molecule is C=C[C@H]1C[N@]2CC[C@H]1C[C@H]2[C@H](O)c1ccnc2ccccc12.I. The largest absolute Gasteiger partial charge is 0.387 e. The fraction of sp³-hybridized carbons (Fsp3) is 0.421. The lowest BCUT2D eigenvalue weighted by Crippen LogP contribution is -2.54. The Hall–Kier alpha value is -0.980. The molecular weight excluding hydrogens is 399 g/mol. The molecule has 3 aliphatic rings. The molecule has 0 saturated carbocycles. The maximum absolute atomic E-state index is 11.0. The molecule has 1 aromatic heterocycles. The first-order valence-electron chi connectivity index (χ1n) is 8.16. The number of hydrogen-bond donors (Lipinski definition) is 1. The lowest BCUT2D eigenvalue weighted by Gasteiger charge is -2.50. The van der Waals surface area contributed by atoms with E-state index in [1.54, 1.807) is 0 Å². The Morgan fingerprint density at radius 3 is 2.87 bits per heavy atom. The van der Waals surface area contributed by atoms with Gasteiger partial charge in [0.05, 0.1) is 11.6 Å². The maximum Gasteiger partial charge on any atom is 0.0952 e. The second-order valence-electron chi connectivity index (χ2n) is 6.61. The normalized spacial score (nSPS) is 30.7. The summed E-state index contributed by atoms with van der Waals surface area (Å²) in [5, 5.41) is 12.1. The minimum absolute atomic E-state index is 0. The molecule has 3 nitrogen and oxygen atoms in total. The van der Waals surface area contributed by atoms with Crippen molar-refractivity contribution in [3.8, 4) is 0 Å². The Labute approximate surface area is 154 Å². The van der Waals surface area contributed by atoms with Crippen LogP contribution < -0.4 is 0 Å². The Balaban J connectivity index is 0.00000156. The van der Waals surface area contributed by atoms with Crippen molar-refractivity contribution >= 4 is 34.9 Å². The number of aromatic nitrogens is 1. The molecule has 4 heteroatoms. The number of aliphatic hydroxyl groups excluding tert-OH is 1. The molecule has 5 rings (SSSR count). The summed E-state index contributed by atoms with van der Waals surface area (Å²) >= 11 is 0. The molecule has 2 bridgehead atoms. The summed E-state index contributed by atoms with van der Waals surface area (Å²) in [5.74, 6) is 1.27. The summed E-state index contributed by atoms with van der Waals surface area (Å²) < 4.78 is 0. The molecule has 0 aliphatic carbocycles. The lowest BCUT2D eigenvalue weighted by atomic mass is 9.73. The first-order chi connectivity index (χ1) is 10.8. The highest BCUT2D eigenvalue weighted by Gasteiger charge is 2.42. The summed E-state index contributed by atoms with van der Waals surface area (Å²) in [4.78, 5) is 6.86. The summed E-state index contributed by atoms with van der Waals surface area (Å²) in [6.45, 7) is 6.11. The molecule has 0 amide bonds. The van der Waals surface area contributed by atoms with E-state index in [-0.39, 0.29) is 30.0 Å². The van der Waals surface area contributed by atoms with Crippen molar-refractivity contribution in [1.29, 1.82) is 0 Å². The zero-order valence-corrected chi connectivity index (χ0v) is 15.5. The van der Waals surface area contributed by atoms with Crippen molar-refractivity contribution in [1.82, 2.24) is 9.88 Å². The van der Waals surface area contributed by atoms with Crippen LogP contribution in [0.4, 0.5) is 0 Å². The number of nitrogens with zero attached hydrogens (tertiary/aromatic N) is 2. The van der Waals surface area contributed by atoms with Gasteiger partial charge < -0.3 is 5.11 Å². The molecule has 0 radical (unpaired) electrons. The van der Waals surface area contributed by atoms with E-state index < -0.39 is 6.10 Å². The van der Waals surface area contributed by atoms with Crippen LogP contribution in [0.15, 0.2) is 49.2 Å². The number of para-hydroxylation sites is 1. The Bertz CT molecular complexity index is 699. The van der Waals surface area contributed by atoms with Crippen molar-refractivity contribution in [2.24, 2.45) is 11.8 Å². The molecule has 3 aliphatic heterocycles. The Kier molecular flexibility index (Phi) is 5.04. The standard InChI is InChI=1S/C19H22N2O.HI/c1-2-13-12-21-10-8-14(13)11-18(21)19(22)16-7-9-20-17-6-4-3-5-15(16)17;/h2-7,9,13-14,18-19,22H,1,8,10-12H2;1H/t13-,14-,18-,19+;/m0./s1. The second-order valence-corrected chi connectivity index (χ2v) is 6.61. The van der Waals surface area contributed by atoms with Gasteiger partial charge in [0.2, 0.25) is 0 Å². The van der Waals surface area contributed by atoms with Crippen LogP contribution in [-0.2, 0) is 0 Å². The number of halogens is 1. The van der Waals surface area contributed by atoms with E-state index in [2.05, 4.69) is 28.6 Å². The van der Waals surface area contributed by atoms with Crippen molar-refractivity contribution in [3.05, 3.63) is 54.7 Å². The van der Waals surface area contributed by atoms with Gasteiger partial charge in [-0.25, -0.2) is 0 Å². The summed E-state index contributed by atoms with van der Waals surface area (Å²) in [6, 6.07) is 10.3. The molecule has 3 saturated heterocycles. The van der Waals surface area contributed by atoms with Gasteiger partial charge >= 0.3 is 0 Å². The van der Waals surface area contributed by atoms with Crippen LogP contribution in [0.3, 0.4) is 0 Å². The van der Waals surface area contributed by atoms with Crippen LogP contribution in [0.5, 0.6) is 0 Å². The predicted octanol–water partition coefficient (Wildman–Crippen LogP) is 3.78. The zero-order chi connectivity index (χ0) is 15.1.